The third-order valence-corrected chi connectivity index (χ3v) is 2.59. The molecule has 1 aromatic heterocycles. The minimum Gasteiger partial charge on any atom is -0.400 e. The lowest BCUT2D eigenvalue weighted by Gasteiger charge is -2.10. The van der Waals surface area contributed by atoms with E-state index in [-0.39, 0.29) is 17.7 Å². The van der Waals surface area contributed by atoms with Crippen molar-refractivity contribution < 1.29 is 9.84 Å². The van der Waals surface area contributed by atoms with Gasteiger partial charge in [-0.1, -0.05) is 13.8 Å². The van der Waals surface area contributed by atoms with Crippen molar-refractivity contribution >= 4 is 17.6 Å². The van der Waals surface area contributed by atoms with Crippen LogP contribution in [-0.2, 0) is 4.74 Å². The van der Waals surface area contributed by atoms with Crippen molar-refractivity contribution in [2.45, 2.75) is 20.1 Å². The molecule has 1 aliphatic rings. The molecule has 0 spiro atoms. The average Bonchev–Trinajstić information content (AvgIpc) is 2.88. The molecule has 7 heteroatoms. The van der Waals surface area contributed by atoms with Crippen molar-refractivity contribution in [1.29, 1.82) is 0 Å². The fourth-order valence-corrected chi connectivity index (χ4v) is 1.94. The lowest BCUT2D eigenvalue weighted by Crippen LogP contribution is -2.27. The third-order valence-electron chi connectivity index (χ3n) is 1.77. The second-order valence-corrected chi connectivity index (χ2v) is 3.63. The Balaban J connectivity index is 0.000000581. The predicted octanol–water partition coefficient (Wildman–Crippen LogP) is 0.680. The summed E-state index contributed by atoms with van der Waals surface area (Å²) in [4.78, 5) is 14.9. The van der Waals surface area contributed by atoms with Gasteiger partial charge in [0.15, 0.2) is 0 Å². The smallest absolute Gasteiger partial charge is 0.351 e. The molecule has 1 aromatic rings. The van der Waals surface area contributed by atoms with Gasteiger partial charge in [0, 0.05) is 19.1 Å². The number of aromatic nitrogens is 2. The highest BCUT2D eigenvalue weighted by atomic mass is 32.2. The van der Waals surface area contributed by atoms with Crippen molar-refractivity contribution in [2.24, 2.45) is 0 Å². The van der Waals surface area contributed by atoms with Crippen LogP contribution in [-0.4, -0.2) is 33.5 Å². The Morgan fingerprint density at radius 2 is 2.24 bits per heavy atom. The molecule has 1 aliphatic heterocycles. The molecule has 0 bridgehead atoms. The highest BCUT2D eigenvalue weighted by Gasteiger charge is 2.18. The number of aliphatic hydroxyl groups excluding tert-OH is 1. The van der Waals surface area contributed by atoms with Crippen LogP contribution in [0.2, 0.25) is 0 Å². The number of hydrogen-bond acceptors (Lipinski definition) is 6. The SMILES string of the molecule is CC.CO.Nc1ccn([C@@H]2CSCO2)c(=O)n1. The fraction of sp³-hybridized carbons (Fsp3) is 0.600. The number of nitrogens with zero attached hydrogens (tertiary/aromatic N) is 2. The molecule has 2 rings (SSSR count). The zero-order valence-electron chi connectivity index (χ0n) is 10.3. The normalized spacial score (nSPS) is 17.5. The van der Waals surface area contributed by atoms with Gasteiger partial charge in [-0.05, 0) is 6.07 Å². The van der Waals surface area contributed by atoms with Crippen molar-refractivity contribution in [2.75, 3.05) is 24.5 Å². The van der Waals surface area contributed by atoms with Crippen LogP contribution < -0.4 is 11.4 Å². The van der Waals surface area contributed by atoms with Gasteiger partial charge in [0.05, 0.1) is 5.94 Å². The number of ether oxygens (including phenoxy) is 1. The maximum absolute atomic E-state index is 11.3. The first kappa shape index (κ1) is 16.0. The van der Waals surface area contributed by atoms with Gasteiger partial charge in [-0.15, -0.1) is 11.8 Å². The molecule has 1 saturated heterocycles. The van der Waals surface area contributed by atoms with E-state index in [9.17, 15) is 4.79 Å². The summed E-state index contributed by atoms with van der Waals surface area (Å²) in [6, 6.07) is 1.59. The van der Waals surface area contributed by atoms with Crippen LogP contribution in [0.25, 0.3) is 0 Å². The summed E-state index contributed by atoms with van der Waals surface area (Å²) in [6.07, 6.45) is 1.42. The summed E-state index contributed by atoms with van der Waals surface area (Å²) >= 11 is 1.65. The molecule has 3 N–H and O–H groups in total. The predicted molar refractivity (Wildman–Crippen MR) is 69.8 cm³/mol. The van der Waals surface area contributed by atoms with Crippen LogP contribution >= 0.6 is 11.8 Å². The molecule has 6 nitrogen and oxygen atoms in total. The van der Waals surface area contributed by atoms with Crippen molar-refractivity contribution in [3.8, 4) is 0 Å². The molecule has 1 atom stereocenters. The number of hydrogen-bond donors (Lipinski definition) is 2. The van der Waals surface area contributed by atoms with Crippen LogP contribution in [0, 0.1) is 0 Å². The average molecular weight is 261 g/mol. The number of aliphatic hydroxyl groups is 1. The first-order valence-electron chi connectivity index (χ1n) is 5.26. The third kappa shape index (κ3) is 4.76. The summed E-state index contributed by atoms with van der Waals surface area (Å²) in [7, 11) is 1.00. The Hall–Kier alpha value is -1.05. The monoisotopic (exact) mass is 261 g/mol. The molecular formula is C10H19N3O3S. The van der Waals surface area contributed by atoms with Crippen LogP contribution in [0.4, 0.5) is 5.82 Å². The van der Waals surface area contributed by atoms with Gasteiger partial charge in [0.2, 0.25) is 0 Å². The highest BCUT2D eigenvalue weighted by Crippen LogP contribution is 2.23. The Bertz CT molecular complexity index is 364. The Morgan fingerprint density at radius 3 is 2.71 bits per heavy atom. The molecule has 1 fully saturated rings. The van der Waals surface area contributed by atoms with E-state index in [1.54, 1.807) is 24.0 Å². The zero-order valence-corrected chi connectivity index (χ0v) is 11.1. The zero-order chi connectivity index (χ0) is 13.3. The van der Waals surface area contributed by atoms with E-state index >= 15 is 0 Å². The van der Waals surface area contributed by atoms with E-state index in [4.69, 9.17) is 15.6 Å². The lowest BCUT2D eigenvalue weighted by molar-refractivity contribution is 0.0639. The van der Waals surface area contributed by atoms with Crippen LogP contribution in [0.1, 0.15) is 20.1 Å². The van der Waals surface area contributed by atoms with Crippen molar-refractivity contribution in [3.05, 3.63) is 22.7 Å². The summed E-state index contributed by atoms with van der Waals surface area (Å²) in [5, 5.41) is 7.00. The molecule has 2 heterocycles. The largest absolute Gasteiger partial charge is 0.400 e. The van der Waals surface area contributed by atoms with Gasteiger partial charge in [-0.2, -0.15) is 4.98 Å². The Kier molecular flexibility index (Phi) is 8.47. The van der Waals surface area contributed by atoms with Gasteiger partial charge < -0.3 is 15.6 Å². The van der Waals surface area contributed by atoms with E-state index < -0.39 is 0 Å². The van der Waals surface area contributed by atoms with Crippen LogP contribution in [0.5, 0.6) is 0 Å². The molecule has 0 saturated carbocycles. The first-order valence-corrected chi connectivity index (χ1v) is 6.41. The summed E-state index contributed by atoms with van der Waals surface area (Å²) in [6.45, 7) is 4.00. The summed E-state index contributed by atoms with van der Waals surface area (Å²) in [5.41, 5.74) is 5.00. The van der Waals surface area contributed by atoms with Crippen LogP contribution in [0.3, 0.4) is 0 Å². The minimum absolute atomic E-state index is 0.189. The second-order valence-electron chi connectivity index (χ2n) is 2.65. The maximum atomic E-state index is 11.3. The van der Waals surface area contributed by atoms with E-state index in [0.29, 0.717) is 5.94 Å². The van der Waals surface area contributed by atoms with Gasteiger partial charge in [-0.25, -0.2) is 4.79 Å². The van der Waals surface area contributed by atoms with E-state index in [2.05, 4.69) is 4.98 Å². The van der Waals surface area contributed by atoms with Gasteiger partial charge in [0.25, 0.3) is 0 Å². The summed E-state index contributed by atoms with van der Waals surface area (Å²) < 4.78 is 6.76. The number of thioether (sulfide) groups is 1. The second kappa shape index (κ2) is 9.03. The number of nitrogens with two attached hydrogens (primary N) is 1. The van der Waals surface area contributed by atoms with Crippen molar-refractivity contribution in [1.82, 2.24) is 9.55 Å². The van der Waals surface area contributed by atoms with Crippen molar-refractivity contribution in [3.63, 3.8) is 0 Å². The van der Waals surface area contributed by atoms with E-state index in [1.165, 1.54) is 4.57 Å². The van der Waals surface area contributed by atoms with Gasteiger partial charge in [-0.3, -0.25) is 4.57 Å². The number of nitrogen functional groups attached to an aromatic ring is 1. The molecule has 0 unspecified atom stereocenters. The molecule has 0 radical (unpaired) electrons. The molecule has 98 valence electrons. The Labute approximate surface area is 105 Å². The quantitative estimate of drug-likeness (QED) is 0.772. The maximum Gasteiger partial charge on any atom is 0.351 e. The molecule has 17 heavy (non-hydrogen) atoms. The molecule has 0 aromatic carbocycles. The summed E-state index contributed by atoms with van der Waals surface area (Å²) in [5.74, 6) is 1.65. The topological polar surface area (TPSA) is 90.4 Å². The molecule has 0 aliphatic carbocycles. The van der Waals surface area contributed by atoms with E-state index in [0.717, 1.165) is 12.9 Å². The Morgan fingerprint density at radius 1 is 1.59 bits per heavy atom. The van der Waals surface area contributed by atoms with Crippen LogP contribution in [0.15, 0.2) is 17.1 Å². The van der Waals surface area contributed by atoms with Gasteiger partial charge in [0.1, 0.15) is 12.0 Å². The molecule has 0 amide bonds. The van der Waals surface area contributed by atoms with E-state index in [1.807, 2.05) is 13.8 Å². The minimum atomic E-state index is -0.354. The first-order chi connectivity index (χ1) is 8.27. The lowest BCUT2D eigenvalue weighted by atomic mass is 10.5. The fourth-order valence-electron chi connectivity index (χ4n) is 1.13. The molecular weight excluding hydrogens is 242 g/mol. The van der Waals surface area contributed by atoms with Gasteiger partial charge >= 0.3 is 5.69 Å². The highest BCUT2D eigenvalue weighted by molar-refractivity contribution is 7.99. The number of rotatable bonds is 1. The number of anilines is 1. The standard InChI is InChI=1S/C7H9N3O2S.C2H6.CH4O/c8-5-1-2-10(7(11)9-5)6-3-13-4-12-6;2*1-2/h1-2,6H,3-4H2,(H2,8,9,11);1-2H3;2H,1H3/t6-;;/m0../s1.